The van der Waals surface area contributed by atoms with Crippen molar-refractivity contribution in [2.24, 2.45) is 4.99 Å². The lowest BCUT2D eigenvalue weighted by molar-refractivity contribution is 0.258. The molecule has 5 heteroatoms. The molecule has 21 heavy (non-hydrogen) atoms. The highest BCUT2D eigenvalue weighted by atomic mass is 32.2. The van der Waals surface area contributed by atoms with E-state index in [0.29, 0.717) is 0 Å². The molecule has 3 rings (SSSR count). The van der Waals surface area contributed by atoms with Crippen molar-refractivity contribution < 1.29 is 0 Å². The van der Waals surface area contributed by atoms with Crippen molar-refractivity contribution in [2.75, 3.05) is 13.3 Å². The van der Waals surface area contributed by atoms with Crippen LogP contribution in [-0.4, -0.2) is 28.4 Å². The summed E-state index contributed by atoms with van der Waals surface area (Å²) in [5.41, 5.74) is 2.54. The van der Waals surface area contributed by atoms with Gasteiger partial charge in [0.25, 0.3) is 0 Å². The van der Waals surface area contributed by atoms with Crippen LogP contribution in [0.25, 0.3) is 0 Å². The summed E-state index contributed by atoms with van der Waals surface area (Å²) in [5.74, 6) is 0.954. The van der Waals surface area contributed by atoms with E-state index in [1.807, 2.05) is 18.3 Å². The first-order valence-corrected chi connectivity index (χ1v) is 7.95. The number of rotatable bonds is 4. The zero-order valence-corrected chi connectivity index (χ0v) is 12.6. The Kier molecular flexibility index (Phi) is 4.86. The van der Waals surface area contributed by atoms with E-state index in [2.05, 4.69) is 50.5 Å². The van der Waals surface area contributed by atoms with E-state index >= 15 is 0 Å². The zero-order valence-electron chi connectivity index (χ0n) is 11.8. The molecule has 0 radical (unpaired) electrons. The fourth-order valence-electron chi connectivity index (χ4n) is 2.13. The van der Waals surface area contributed by atoms with Crippen LogP contribution < -0.4 is 5.32 Å². The number of aliphatic imine (C=N–C) groups is 1. The molecule has 0 saturated heterocycles. The Morgan fingerprint density at radius 3 is 2.67 bits per heavy atom. The molecule has 1 aliphatic rings. The second-order valence-corrected chi connectivity index (χ2v) is 5.87. The van der Waals surface area contributed by atoms with E-state index in [9.17, 15) is 0 Å². The highest BCUT2D eigenvalue weighted by molar-refractivity contribution is 8.13. The predicted molar refractivity (Wildman–Crippen MR) is 87.8 cm³/mol. The molecule has 1 aromatic carbocycles. The number of thioether (sulfide) groups is 1. The standard InChI is InChI=1S/C16H18N4S/c1-2-5-14(6-3-1)11-21-16-18-12-20(13-19-16)10-15-7-4-8-17-9-15/h1-9H,10-13H2,(H,18,19). The average molecular weight is 298 g/mol. The lowest BCUT2D eigenvalue weighted by Gasteiger charge is -2.26. The molecule has 0 saturated carbocycles. The summed E-state index contributed by atoms with van der Waals surface area (Å²) in [6.07, 6.45) is 3.71. The van der Waals surface area contributed by atoms with Crippen LogP contribution in [0.1, 0.15) is 11.1 Å². The molecule has 0 fully saturated rings. The normalized spacial score (nSPS) is 15.3. The number of pyridine rings is 1. The number of nitrogens with zero attached hydrogens (tertiary/aromatic N) is 3. The number of nitrogens with one attached hydrogen (secondary N) is 1. The van der Waals surface area contributed by atoms with Gasteiger partial charge in [-0.25, -0.2) is 4.99 Å². The topological polar surface area (TPSA) is 40.5 Å². The Balaban J connectivity index is 1.48. The minimum absolute atomic E-state index is 0.735. The molecular weight excluding hydrogens is 280 g/mol. The first-order valence-electron chi connectivity index (χ1n) is 6.96. The van der Waals surface area contributed by atoms with Crippen LogP contribution in [0.3, 0.4) is 0 Å². The second kappa shape index (κ2) is 7.24. The summed E-state index contributed by atoms with van der Waals surface area (Å²) in [5, 5.41) is 4.41. The van der Waals surface area contributed by atoms with Crippen molar-refractivity contribution in [2.45, 2.75) is 12.3 Å². The van der Waals surface area contributed by atoms with Gasteiger partial charge in [-0.3, -0.25) is 9.88 Å². The van der Waals surface area contributed by atoms with E-state index in [-0.39, 0.29) is 0 Å². The van der Waals surface area contributed by atoms with Crippen LogP contribution in [0.5, 0.6) is 0 Å². The second-order valence-electron chi connectivity index (χ2n) is 4.90. The minimum atomic E-state index is 0.735. The van der Waals surface area contributed by atoms with Crippen molar-refractivity contribution in [3.63, 3.8) is 0 Å². The molecule has 2 aromatic rings. The van der Waals surface area contributed by atoms with Crippen molar-refractivity contribution in [3.8, 4) is 0 Å². The third-order valence-electron chi connectivity index (χ3n) is 3.22. The van der Waals surface area contributed by atoms with Gasteiger partial charge in [-0.1, -0.05) is 48.2 Å². The third kappa shape index (κ3) is 4.31. The first kappa shape index (κ1) is 14.1. The Bertz CT molecular complexity index is 586. The van der Waals surface area contributed by atoms with Gasteiger partial charge in [-0.05, 0) is 17.2 Å². The molecule has 0 atom stereocenters. The van der Waals surface area contributed by atoms with Crippen LogP contribution in [0.15, 0.2) is 59.9 Å². The van der Waals surface area contributed by atoms with Gasteiger partial charge in [-0.2, -0.15) is 0 Å². The first-order chi connectivity index (χ1) is 10.4. The lowest BCUT2D eigenvalue weighted by atomic mass is 10.2. The van der Waals surface area contributed by atoms with Crippen molar-refractivity contribution in [1.82, 2.24) is 15.2 Å². The largest absolute Gasteiger partial charge is 0.352 e. The molecule has 108 valence electrons. The van der Waals surface area contributed by atoms with Crippen LogP contribution in [0.4, 0.5) is 0 Å². The van der Waals surface area contributed by atoms with Crippen molar-refractivity contribution in [3.05, 3.63) is 66.0 Å². The molecule has 1 N–H and O–H groups in total. The number of aromatic nitrogens is 1. The highest BCUT2D eigenvalue weighted by Crippen LogP contribution is 2.14. The maximum Gasteiger partial charge on any atom is 0.159 e. The van der Waals surface area contributed by atoms with Crippen molar-refractivity contribution in [1.29, 1.82) is 0 Å². The Labute approximate surface area is 129 Å². The molecule has 1 aliphatic heterocycles. The Morgan fingerprint density at radius 2 is 1.95 bits per heavy atom. The molecule has 1 aromatic heterocycles. The molecule has 2 heterocycles. The van der Waals surface area contributed by atoms with Crippen LogP contribution >= 0.6 is 11.8 Å². The van der Waals surface area contributed by atoms with Gasteiger partial charge in [-0.15, -0.1) is 0 Å². The quantitative estimate of drug-likeness (QED) is 0.942. The van der Waals surface area contributed by atoms with Crippen LogP contribution in [0, 0.1) is 0 Å². The van der Waals surface area contributed by atoms with Crippen LogP contribution in [-0.2, 0) is 12.3 Å². The molecule has 0 amide bonds. The summed E-state index contributed by atoms with van der Waals surface area (Å²) in [6, 6.07) is 14.5. The van der Waals surface area contributed by atoms with Gasteiger partial charge in [0.15, 0.2) is 5.17 Å². The Hall–Kier alpha value is -1.85. The summed E-state index contributed by atoms with van der Waals surface area (Å²) in [7, 11) is 0. The highest BCUT2D eigenvalue weighted by Gasteiger charge is 2.12. The minimum Gasteiger partial charge on any atom is -0.352 e. The lowest BCUT2D eigenvalue weighted by Crippen LogP contribution is -2.41. The van der Waals surface area contributed by atoms with E-state index in [4.69, 9.17) is 0 Å². The zero-order chi connectivity index (χ0) is 14.3. The van der Waals surface area contributed by atoms with Gasteiger partial charge >= 0.3 is 0 Å². The van der Waals surface area contributed by atoms with Gasteiger partial charge < -0.3 is 5.32 Å². The summed E-state index contributed by atoms with van der Waals surface area (Å²) in [4.78, 5) is 11.0. The third-order valence-corrected chi connectivity index (χ3v) is 4.24. The predicted octanol–water partition coefficient (Wildman–Crippen LogP) is 2.69. The summed E-state index contributed by atoms with van der Waals surface area (Å²) in [6.45, 7) is 2.44. The summed E-state index contributed by atoms with van der Waals surface area (Å²) >= 11 is 1.76. The van der Waals surface area contributed by atoms with E-state index in [0.717, 1.165) is 30.8 Å². The van der Waals surface area contributed by atoms with Gasteiger partial charge in [0.1, 0.15) is 0 Å². The number of hydrogen-bond donors (Lipinski definition) is 1. The van der Waals surface area contributed by atoms with E-state index in [1.165, 1.54) is 11.1 Å². The number of benzene rings is 1. The molecule has 0 aliphatic carbocycles. The smallest absolute Gasteiger partial charge is 0.159 e. The molecule has 0 spiro atoms. The fourth-order valence-corrected chi connectivity index (χ4v) is 2.94. The van der Waals surface area contributed by atoms with Gasteiger partial charge in [0, 0.05) is 24.7 Å². The fraction of sp³-hybridized carbons (Fsp3) is 0.250. The molecular formula is C16H18N4S. The molecule has 0 bridgehead atoms. The summed E-state index contributed by atoms with van der Waals surface area (Å²) < 4.78 is 0. The molecule has 4 nitrogen and oxygen atoms in total. The van der Waals surface area contributed by atoms with E-state index < -0.39 is 0 Å². The Morgan fingerprint density at radius 1 is 1.10 bits per heavy atom. The van der Waals surface area contributed by atoms with Crippen molar-refractivity contribution >= 4 is 16.9 Å². The van der Waals surface area contributed by atoms with Gasteiger partial charge in [0.2, 0.25) is 0 Å². The molecule has 0 unspecified atom stereocenters. The maximum atomic E-state index is 4.60. The van der Waals surface area contributed by atoms with E-state index in [1.54, 1.807) is 18.0 Å². The average Bonchev–Trinajstić information content (AvgIpc) is 2.56. The van der Waals surface area contributed by atoms with Crippen LogP contribution in [0.2, 0.25) is 0 Å². The maximum absolute atomic E-state index is 4.60. The number of amidine groups is 1. The number of hydrogen-bond acceptors (Lipinski definition) is 5. The SMILES string of the molecule is c1ccc(CSC2=NCN(Cc3cccnc3)CN2)cc1. The monoisotopic (exact) mass is 298 g/mol. The van der Waals surface area contributed by atoms with Gasteiger partial charge in [0.05, 0.1) is 13.3 Å².